The van der Waals surface area contributed by atoms with Gasteiger partial charge in [0.05, 0.1) is 0 Å². The van der Waals surface area contributed by atoms with E-state index in [1.54, 1.807) is 0 Å². The van der Waals surface area contributed by atoms with Gasteiger partial charge in [-0.2, -0.15) is 0 Å². The second kappa shape index (κ2) is 6.30. The second-order valence-corrected chi connectivity index (χ2v) is 7.34. The van der Waals surface area contributed by atoms with E-state index in [4.69, 9.17) is 5.73 Å². The van der Waals surface area contributed by atoms with Gasteiger partial charge >= 0.3 is 0 Å². The van der Waals surface area contributed by atoms with Crippen molar-refractivity contribution in [3.8, 4) is 0 Å². The Balaban J connectivity index is 2.14. The molecule has 1 aromatic rings. The molecule has 1 aliphatic rings. The highest BCUT2D eigenvalue weighted by atomic mass is 14.7. The third-order valence-electron chi connectivity index (χ3n) is 5.53. The fourth-order valence-electron chi connectivity index (χ4n) is 3.70. The largest absolute Gasteiger partial charge is 0.324 e. The Kier molecular flexibility index (Phi) is 4.90. The van der Waals surface area contributed by atoms with Crippen LogP contribution in [0.25, 0.3) is 0 Å². The molecular formula is C19H31N. The van der Waals surface area contributed by atoms with Crippen molar-refractivity contribution < 1.29 is 0 Å². The van der Waals surface area contributed by atoms with Crippen LogP contribution in [-0.2, 0) is 0 Å². The van der Waals surface area contributed by atoms with Crippen molar-refractivity contribution in [2.75, 3.05) is 0 Å². The van der Waals surface area contributed by atoms with Crippen molar-refractivity contribution in [2.45, 2.75) is 71.8 Å². The van der Waals surface area contributed by atoms with Gasteiger partial charge in [-0.25, -0.2) is 0 Å². The Morgan fingerprint density at radius 3 is 2.30 bits per heavy atom. The summed E-state index contributed by atoms with van der Waals surface area (Å²) in [5.74, 6) is 1.26. The molecule has 1 aliphatic carbocycles. The molecule has 2 N–H and O–H groups in total. The summed E-state index contributed by atoms with van der Waals surface area (Å²) >= 11 is 0. The Labute approximate surface area is 125 Å². The van der Waals surface area contributed by atoms with Crippen LogP contribution in [0.3, 0.4) is 0 Å². The zero-order valence-electron chi connectivity index (χ0n) is 13.7. The molecular weight excluding hydrogens is 242 g/mol. The fraction of sp³-hybridized carbons (Fsp3) is 0.684. The highest BCUT2D eigenvalue weighted by molar-refractivity contribution is 5.27. The van der Waals surface area contributed by atoms with Crippen molar-refractivity contribution in [1.29, 1.82) is 0 Å². The van der Waals surface area contributed by atoms with Gasteiger partial charge in [0.1, 0.15) is 0 Å². The lowest BCUT2D eigenvalue weighted by Gasteiger charge is -2.42. The lowest BCUT2D eigenvalue weighted by molar-refractivity contribution is 0.112. The van der Waals surface area contributed by atoms with E-state index in [-0.39, 0.29) is 6.04 Å². The van der Waals surface area contributed by atoms with Crippen LogP contribution in [0.5, 0.6) is 0 Å². The third kappa shape index (κ3) is 3.25. The summed E-state index contributed by atoms with van der Waals surface area (Å²) in [5, 5.41) is 0. The average molecular weight is 273 g/mol. The van der Waals surface area contributed by atoms with Crippen LogP contribution in [0.2, 0.25) is 0 Å². The summed E-state index contributed by atoms with van der Waals surface area (Å²) in [6, 6.07) is 9.27. The maximum Gasteiger partial charge on any atom is 0.0328 e. The molecule has 1 aromatic carbocycles. The van der Waals surface area contributed by atoms with E-state index in [9.17, 15) is 0 Å². The number of hydrogen-bond donors (Lipinski definition) is 1. The summed E-state index contributed by atoms with van der Waals surface area (Å²) in [5.41, 5.74) is 9.74. The first-order valence-corrected chi connectivity index (χ1v) is 8.31. The summed E-state index contributed by atoms with van der Waals surface area (Å²) in [6.07, 6.45) is 6.49. The van der Waals surface area contributed by atoms with E-state index in [1.807, 2.05) is 0 Å². The molecule has 112 valence electrons. The molecule has 0 spiro atoms. The van der Waals surface area contributed by atoms with E-state index >= 15 is 0 Å². The van der Waals surface area contributed by atoms with Gasteiger partial charge in [0, 0.05) is 6.04 Å². The second-order valence-electron chi connectivity index (χ2n) is 7.34. The molecule has 0 bridgehead atoms. The smallest absolute Gasteiger partial charge is 0.0328 e. The van der Waals surface area contributed by atoms with Crippen LogP contribution in [-0.4, -0.2) is 0 Å². The minimum Gasteiger partial charge on any atom is -0.324 e. The summed E-state index contributed by atoms with van der Waals surface area (Å²) in [4.78, 5) is 0. The third-order valence-corrected chi connectivity index (χ3v) is 5.53. The first-order valence-electron chi connectivity index (χ1n) is 8.31. The Morgan fingerprint density at radius 1 is 1.15 bits per heavy atom. The predicted octanol–water partition coefficient (Wildman–Crippen LogP) is 5.42. The molecule has 0 aromatic heterocycles. The fourth-order valence-corrected chi connectivity index (χ4v) is 3.70. The molecule has 3 unspecified atom stereocenters. The van der Waals surface area contributed by atoms with Crippen LogP contribution < -0.4 is 5.73 Å². The van der Waals surface area contributed by atoms with Crippen LogP contribution >= 0.6 is 0 Å². The van der Waals surface area contributed by atoms with Crippen molar-refractivity contribution in [3.05, 3.63) is 35.4 Å². The molecule has 3 atom stereocenters. The van der Waals surface area contributed by atoms with Crippen LogP contribution in [0.4, 0.5) is 0 Å². The average Bonchev–Trinajstić information content (AvgIpc) is 2.45. The molecule has 0 heterocycles. The molecule has 0 amide bonds. The van der Waals surface area contributed by atoms with Crippen LogP contribution in [0.1, 0.15) is 82.9 Å². The van der Waals surface area contributed by atoms with Gasteiger partial charge in [-0.15, -0.1) is 0 Å². The van der Waals surface area contributed by atoms with E-state index < -0.39 is 0 Å². The van der Waals surface area contributed by atoms with Gasteiger partial charge < -0.3 is 5.73 Å². The lowest BCUT2D eigenvalue weighted by Crippen LogP contribution is -2.36. The number of nitrogens with two attached hydrogens (primary N) is 1. The van der Waals surface area contributed by atoms with Crippen LogP contribution in [0.15, 0.2) is 24.3 Å². The van der Waals surface area contributed by atoms with Gasteiger partial charge in [0.15, 0.2) is 0 Å². The number of hydrogen-bond acceptors (Lipinski definition) is 1. The van der Waals surface area contributed by atoms with Gasteiger partial charge in [-0.1, -0.05) is 64.8 Å². The standard InChI is InChI=1S/C19H31N/c1-5-14(2)15-9-11-16(12-10-15)18(20)17-8-6-7-13-19(17,3)4/h9-12,14,17-18H,5-8,13,20H2,1-4H3. The molecule has 1 saturated carbocycles. The van der Waals surface area contributed by atoms with Gasteiger partial charge in [-0.3, -0.25) is 0 Å². The zero-order chi connectivity index (χ0) is 14.8. The van der Waals surface area contributed by atoms with E-state index in [0.717, 1.165) is 0 Å². The quantitative estimate of drug-likeness (QED) is 0.779. The highest BCUT2D eigenvalue weighted by Gasteiger charge is 2.36. The minimum absolute atomic E-state index is 0.191. The molecule has 2 rings (SSSR count). The maximum absolute atomic E-state index is 6.60. The summed E-state index contributed by atoms with van der Waals surface area (Å²) in [6.45, 7) is 9.32. The minimum atomic E-state index is 0.191. The van der Waals surface area contributed by atoms with Crippen molar-refractivity contribution in [2.24, 2.45) is 17.1 Å². The van der Waals surface area contributed by atoms with Crippen molar-refractivity contribution in [1.82, 2.24) is 0 Å². The molecule has 0 radical (unpaired) electrons. The van der Waals surface area contributed by atoms with Gasteiger partial charge in [0.2, 0.25) is 0 Å². The van der Waals surface area contributed by atoms with Crippen LogP contribution in [0, 0.1) is 11.3 Å². The highest BCUT2D eigenvalue weighted by Crippen LogP contribution is 2.45. The molecule has 1 fully saturated rings. The Bertz CT molecular complexity index is 418. The van der Waals surface area contributed by atoms with E-state index in [2.05, 4.69) is 52.0 Å². The zero-order valence-corrected chi connectivity index (χ0v) is 13.7. The predicted molar refractivity (Wildman–Crippen MR) is 87.8 cm³/mol. The van der Waals surface area contributed by atoms with E-state index in [1.165, 1.54) is 43.2 Å². The van der Waals surface area contributed by atoms with Crippen molar-refractivity contribution in [3.63, 3.8) is 0 Å². The molecule has 20 heavy (non-hydrogen) atoms. The maximum atomic E-state index is 6.60. The molecule has 0 saturated heterocycles. The van der Waals surface area contributed by atoms with Crippen molar-refractivity contribution >= 4 is 0 Å². The Hall–Kier alpha value is -0.820. The normalized spacial score (nSPS) is 25.1. The lowest BCUT2D eigenvalue weighted by atomic mass is 9.65. The molecule has 0 aliphatic heterocycles. The summed E-state index contributed by atoms with van der Waals surface area (Å²) < 4.78 is 0. The molecule has 1 nitrogen and oxygen atoms in total. The number of rotatable bonds is 4. The van der Waals surface area contributed by atoms with Gasteiger partial charge in [-0.05, 0) is 47.6 Å². The van der Waals surface area contributed by atoms with E-state index in [0.29, 0.717) is 17.3 Å². The first kappa shape index (κ1) is 15.6. The number of benzene rings is 1. The summed E-state index contributed by atoms with van der Waals surface area (Å²) in [7, 11) is 0. The molecule has 1 heteroatoms. The monoisotopic (exact) mass is 273 g/mol. The van der Waals surface area contributed by atoms with Gasteiger partial charge in [0.25, 0.3) is 0 Å². The topological polar surface area (TPSA) is 26.0 Å². The SMILES string of the molecule is CCC(C)c1ccc(C(N)C2CCCCC2(C)C)cc1. The Morgan fingerprint density at radius 2 is 1.75 bits per heavy atom. The first-order chi connectivity index (χ1) is 9.45.